The molecule has 94 valence electrons. The number of phenols is 3. The standard InChI is InChI=1S/C8H8O2.C6H6O2/c1-6(9)7-3-2-4-8(10)5-7;7-5-2-1-3-6(8)4-5/h2-5,10H,1H3;1-4,7-8H. The molecule has 0 aliphatic heterocycles. The Hall–Kier alpha value is -2.49. The summed E-state index contributed by atoms with van der Waals surface area (Å²) in [5.74, 6) is 0.276. The number of Topliss-reactive ketones (excluding diaryl/α,β-unsaturated/α-hetero) is 1. The zero-order valence-corrected chi connectivity index (χ0v) is 9.87. The normalized spacial score (nSPS) is 9.17. The summed E-state index contributed by atoms with van der Waals surface area (Å²) in [5, 5.41) is 26.2. The summed E-state index contributed by atoms with van der Waals surface area (Å²) in [6, 6.07) is 12.1. The molecule has 0 spiro atoms. The summed E-state index contributed by atoms with van der Waals surface area (Å²) in [6.07, 6.45) is 0. The van der Waals surface area contributed by atoms with Crippen LogP contribution in [0, 0.1) is 0 Å². The van der Waals surface area contributed by atoms with Crippen molar-refractivity contribution >= 4 is 5.78 Å². The highest BCUT2D eigenvalue weighted by molar-refractivity contribution is 5.94. The van der Waals surface area contributed by atoms with E-state index < -0.39 is 0 Å². The molecule has 4 heteroatoms. The van der Waals surface area contributed by atoms with E-state index in [4.69, 9.17) is 15.3 Å². The largest absolute Gasteiger partial charge is 0.508 e. The van der Waals surface area contributed by atoms with Crippen LogP contribution >= 0.6 is 0 Å². The van der Waals surface area contributed by atoms with Crippen LogP contribution in [0.4, 0.5) is 0 Å². The summed E-state index contributed by atoms with van der Waals surface area (Å²) in [7, 11) is 0. The van der Waals surface area contributed by atoms with Gasteiger partial charge in [0.15, 0.2) is 5.78 Å². The van der Waals surface area contributed by atoms with Crippen LogP contribution in [0.15, 0.2) is 48.5 Å². The van der Waals surface area contributed by atoms with Crippen molar-refractivity contribution in [3.05, 3.63) is 54.1 Å². The fraction of sp³-hybridized carbons (Fsp3) is 0.0714. The lowest BCUT2D eigenvalue weighted by atomic mass is 10.1. The number of phenolic OH excluding ortho intramolecular Hbond substituents is 3. The van der Waals surface area contributed by atoms with E-state index in [1.807, 2.05) is 0 Å². The second-order valence-electron chi connectivity index (χ2n) is 3.63. The number of ketones is 1. The maximum absolute atomic E-state index is 10.7. The fourth-order valence-electron chi connectivity index (χ4n) is 1.22. The average Bonchev–Trinajstić information content (AvgIpc) is 2.29. The molecule has 0 amide bonds. The third kappa shape index (κ3) is 4.57. The van der Waals surface area contributed by atoms with Crippen molar-refractivity contribution in [2.24, 2.45) is 0 Å². The molecule has 0 heterocycles. The molecule has 0 radical (unpaired) electrons. The Kier molecular flexibility index (Phi) is 4.75. The van der Waals surface area contributed by atoms with E-state index in [9.17, 15) is 4.79 Å². The van der Waals surface area contributed by atoms with Crippen LogP contribution in [-0.2, 0) is 0 Å². The van der Waals surface area contributed by atoms with Gasteiger partial charge >= 0.3 is 0 Å². The van der Waals surface area contributed by atoms with Gasteiger partial charge in [-0.1, -0.05) is 18.2 Å². The zero-order valence-electron chi connectivity index (χ0n) is 9.87. The third-order valence-electron chi connectivity index (χ3n) is 2.08. The Balaban J connectivity index is 0.000000184. The minimum atomic E-state index is -0.0316. The summed E-state index contributed by atoms with van der Waals surface area (Å²) >= 11 is 0. The predicted molar refractivity (Wildman–Crippen MR) is 67.9 cm³/mol. The van der Waals surface area contributed by atoms with Crippen molar-refractivity contribution in [3.8, 4) is 17.2 Å². The van der Waals surface area contributed by atoms with E-state index in [0.717, 1.165) is 0 Å². The van der Waals surface area contributed by atoms with Gasteiger partial charge in [-0.3, -0.25) is 4.79 Å². The molecule has 2 rings (SSSR count). The Morgan fingerprint density at radius 1 is 0.833 bits per heavy atom. The minimum absolute atomic E-state index is 0.0316. The first-order valence-electron chi connectivity index (χ1n) is 5.27. The van der Waals surface area contributed by atoms with Gasteiger partial charge in [-0.2, -0.15) is 0 Å². The van der Waals surface area contributed by atoms with Crippen LogP contribution in [0.3, 0.4) is 0 Å². The molecule has 0 fully saturated rings. The highest BCUT2D eigenvalue weighted by Gasteiger charge is 1.97. The lowest BCUT2D eigenvalue weighted by Crippen LogP contribution is -1.89. The first-order chi connectivity index (χ1) is 8.49. The molecule has 2 aromatic rings. The van der Waals surface area contributed by atoms with Gasteiger partial charge in [0.05, 0.1) is 0 Å². The maximum atomic E-state index is 10.7. The van der Waals surface area contributed by atoms with Crippen LogP contribution in [-0.4, -0.2) is 21.1 Å². The van der Waals surface area contributed by atoms with E-state index in [0.29, 0.717) is 5.56 Å². The van der Waals surface area contributed by atoms with E-state index in [-0.39, 0.29) is 23.0 Å². The number of aromatic hydroxyl groups is 3. The molecule has 0 atom stereocenters. The Morgan fingerprint density at radius 3 is 1.56 bits per heavy atom. The second-order valence-corrected chi connectivity index (χ2v) is 3.63. The smallest absolute Gasteiger partial charge is 0.159 e. The SMILES string of the molecule is CC(=O)c1cccc(O)c1.Oc1cccc(O)c1. The van der Waals surface area contributed by atoms with Crippen LogP contribution < -0.4 is 0 Å². The molecule has 0 saturated carbocycles. The quantitative estimate of drug-likeness (QED) is 0.676. The van der Waals surface area contributed by atoms with E-state index in [1.54, 1.807) is 18.2 Å². The fourth-order valence-corrected chi connectivity index (χ4v) is 1.22. The summed E-state index contributed by atoms with van der Waals surface area (Å²) < 4.78 is 0. The molecule has 0 aromatic heterocycles. The second kappa shape index (κ2) is 6.30. The van der Waals surface area contributed by atoms with Crippen molar-refractivity contribution in [2.75, 3.05) is 0 Å². The van der Waals surface area contributed by atoms with Gasteiger partial charge in [-0.25, -0.2) is 0 Å². The maximum Gasteiger partial charge on any atom is 0.159 e. The molecule has 0 saturated heterocycles. The topological polar surface area (TPSA) is 77.8 Å². The Morgan fingerprint density at radius 2 is 1.28 bits per heavy atom. The summed E-state index contributed by atoms with van der Waals surface area (Å²) in [4.78, 5) is 10.7. The highest BCUT2D eigenvalue weighted by atomic mass is 16.3. The van der Waals surface area contributed by atoms with Crippen LogP contribution in [0.25, 0.3) is 0 Å². The van der Waals surface area contributed by atoms with E-state index >= 15 is 0 Å². The molecule has 0 aliphatic carbocycles. The Labute approximate surface area is 105 Å². The lowest BCUT2D eigenvalue weighted by Gasteiger charge is -1.93. The van der Waals surface area contributed by atoms with Gasteiger partial charge in [0.2, 0.25) is 0 Å². The number of benzene rings is 2. The van der Waals surface area contributed by atoms with Crippen molar-refractivity contribution < 1.29 is 20.1 Å². The van der Waals surface area contributed by atoms with E-state index in [1.165, 1.54) is 37.3 Å². The molecule has 3 N–H and O–H groups in total. The van der Waals surface area contributed by atoms with Crippen molar-refractivity contribution in [1.29, 1.82) is 0 Å². The minimum Gasteiger partial charge on any atom is -0.508 e. The van der Waals surface area contributed by atoms with Gasteiger partial charge < -0.3 is 15.3 Å². The number of carbonyl (C=O) groups excluding carboxylic acids is 1. The van der Waals surface area contributed by atoms with Crippen LogP contribution in [0.2, 0.25) is 0 Å². The predicted octanol–water partition coefficient (Wildman–Crippen LogP) is 2.69. The molecule has 18 heavy (non-hydrogen) atoms. The Bertz CT molecular complexity index is 518. The highest BCUT2D eigenvalue weighted by Crippen LogP contribution is 2.14. The van der Waals surface area contributed by atoms with Crippen molar-refractivity contribution in [1.82, 2.24) is 0 Å². The average molecular weight is 246 g/mol. The van der Waals surface area contributed by atoms with Crippen LogP contribution in [0.1, 0.15) is 17.3 Å². The van der Waals surface area contributed by atoms with Gasteiger partial charge in [0.25, 0.3) is 0 Å². The molecule has 0 aliphatic rings. The summed E-state index contributed by atoms with van der Waals surface area (Å²) in [5.41, 5.74) is 0.542. The molecule has 0 unspecified atom stereocenters. The van der Waals surface area contributed by atoms with Gasteiger partial charge in [-0.15, -0.1) is 0 Å². The molecular formula is C14H14O4. The van der Waals surface area contributed by atoms with Gasteiger partial charge in [-0.05, 0) is 31.2 Å². The monoisotopic (exact) mass is 246 g/mol. The molecule has 4 nitrogen and oxygen atoms in total. The first-order valence-corrected chi connectivity index (χ1v) is 5.27. The number of carbonyl (C=O) groups is 1. The zero-order chi connectivity index (χ0) is 13.5. The lowest BCUT2D eigenvalue weighted by molar-refractivity contribution is 0.101. The number of hydrogen-bond donors (Lipinski definition) is 3. The molecule has 2 aromatic carbocycles. The summed E-state index contributed by atoms with van der Waals surface area (Å²) in [6.45, 7) is 1.47. The van der Waals surface area contributed by atoms with Gasteiger partial charge in [0.1, 0.15) is 17.2 Å². The first kappa shape index (κ1) is 13.6. The third-order valence-corrected chi connectivity index (χ3v) is 2.08. The number of hydrogen-bond acceptors (Lipinski definition) is 4. The number of rotatable bonds is 1. The van der Waals surface area contributed by atoms with Crippen molar-refractivity contribution in [2.45, 2.75) is 6.92 Å². The molecular weight excluding hydrogens is 232 g/mol. The van der Waals surface area contributed by atoms with Crippen molar-refractivity contribution in [3.63, 3.8) is 0 Å². The molecule has 0 bridgehead atoms. The van der Waals surface area contributed by atoms with Gasteiger partial charge in [0, 0.05) is 11.6 Å². The van der Waals surface area contributed by atoms with E-state index in [2.05, 4.69) is 0 Å². The van der Waals surface area contributed by atoms with Crippen LogP contribution in [0.5, 0.6) is 17.2 Å².